The van der Waals surface area contributed by atoms with E-state index in [4.69, 9.17) is 9.84 Å². The summed E-state index contributed by atoms with van der Waals surface area (Å²) in [6, 6.07) is 0. The SMILES string of the molecule is C=C(C)C(=O)OCCCSCC(=O)O. The number of carboxylic acid groups (broad SMARTS) is 1. The van der Waals surface area contributed by atoms with Gasteiger partial charge in [-0.2, -0.15) is 11.8 Å². The number of ether oxygens (including phenoxy) is 1. The van der Waals surface area contributed by atoms with Gasteiger partial charge in [0.25, 0.3) is 0 Å². The molecule has 0 aliphatic carbocycles. The van der Waals surface area contributed by atoms with Crippen molar-refractivity contribution < 1.29 is 19.4 Å². The lowest BCUT2D eigenvalue weighted by atomic mass is 10.4. The van der Waals surface area contributed by atoms with Crippen LogP contribution >= 0.6 is 11.8 Å². The number of rotatable bonds is 7. The monoisotopic (exact) mass is 218 g/mol. The predicted octanol–water partition coefficient (Wildman–Crippen LogP) is 1.31. The van der Waals surface area contributed by atoms with E-state index in [1.807, 2.05) is 0 Å². The van der Waals surface area contributed by atoms with Crippen LogP contribution in [0, 0.1) is 0 Å². The normalized spacial score (nSPS) is 9.50. The Morgan fingerprint density at radius 2 is 2.14 bits per heavy atom. The first kappa shape index (κ1) is 13.0. The topological polar surface area (TPSA) is 63.6 Å². The molecule has 0 amide bonds. The summed E-state index contributed by atoms with van der Waals surface area (Å²) in [5, 5.41) is 8.31. The standard InChI is InChI=1S/C9H14O4S/c1-7(2)9(12)13-4-3-5-14-6-8(10)11/h1,3-6H2,2H3,(H,10,11). The van der Waals surface area contributed by atoms with Crippen molar-refractivity contribution in [3.8, 4) is 0 Å². The molecule has 0 saturated carbocycles. The van der Waals surface area contributed by atoms with Gasteiger partial charge in [-0.05, 0) is 19.1 Å². The van der Waals surface area contributed by atoms with Gasteiger partial charge in [0, 0.05) is 5.57 Å². The molecule has 0 unspecified atom stereocenters. The second kappa shape index (κ2) is 7.44. The summed E-state index contributed by atoms with van der Waals surface area (Å²) in [4.78, 5) is 21.0. The molecule has 0 fully saturated rings. The Kier molecular flexibility index (Phi) is 6.92. The average Bonchev–Trinajstić information content (AvgIpc) is 2.09. The molecule has 0 heterocycles. The Morgan fingerprint density at radius 3 is 2.64 bits per heavy atom. The number of thioether (sulfide) groups is 1. The number of carboxylic acids is 1. The minimum absolute atomic E-state index is 0.0917. The number of hydrogen-bond donors (Lipinski definition) is 1. The summed E-state index contributed by atoms with van der Waals surface area (Å²) in [6.07, 6.45) is 0.664. The van der Waals surface area contributed by atoms with Gasteiger partial charge in [-0.3, -0.25) is 4.79 Å². The van der Waals surface area contributed by atoms with Crippen molar-refractivity contribution in [2.24, 2.45) is 0 Å². The van der Waals surface area contributed by atoms with E-state index >= 15 is 0 Å². The maximum atomic E-state index is 10.9. The molecule has 0 bridgehead atoms. The molecular formula is C9H14O4S. The molecule has 0 aromatic rings. The van der Waals surface area contributed by atoms with E-state index in [0.717, 1.165) is 0 Å². The lowest BCUT2D eigenvalue weighted by molar-refractivity contribution is -0.139. The highest BCUT2D eigenvalue weighted by Crippen LogP contribution is 2.02. The number of aliphatic carboxylic acids is 1. The van der Waals surface area contributed by atoms with Crippen molar-refractivity contribution >= 4 is 23.7 Å². The molecule has 0 saturated heterocycles. The number of hydrogen-bond acceptors (Lipinski definition) is 4. The molecule has 0 radical (unpaired) electrons. The van der Waals surface area contributed by atoms with Crippen molar-refractivity contribution in [3.05, 3.63) is 12.2 Å². The van der Waals surface area contributed by atoms with E-state index < -0.39 is 11.9 Å². The first-order valence-electron chi connectivity index (χ1n) is 4.16. The van der Waals surface area contributed by atoms with Crippen molar-refractivity contribution in [3.63, 3.8) is 0 Å². The zero-order valence-electron chi connectivity index (χ0n) is 8.12. The summed E-state index contributed by atoms with van der Waals surface area (Å²) < 4.78 is 4.81. The van der Waals surface area contributed by atoms with Crippen LogP contribution in [-0.2, 0) is 14.3 Å². The number of carbonyl (C=O) groups excluding carboxylic acids is 1. The molecule has 0 atom stereocenters. The third-order valence-corrected chi connectivity index (χ3v) is 2.27. The Hall–Kier alpha value is -0.970. The van der Waals surface area contributed by atoms with Crippen molar-refractivity contribution in [1.82, 2.24) is 0 Å². The van der Waals surface area contributed by atoms with Gasteiger partial charge in [-0.15, -0.1) is 0 Å². The molecule has 80 valence electrons. The van der Waals surface area contributed by atoms with Crippen LogP contribution in [0.1, 0.15) is 13.3 Å². The highest BCUT2D eigenvalue weighted by atomic mass is 32.2. The van der Waals surface area contributed by atoms with Gasteiger partial charge in [-0.25, -0.2) is 4.79 Å². The molecule has 0 aromatic carbocycles. The first-order chi connectivity index (χ1) is 6.54. The van der Waals surface area contributed by atoms with Crippen LogP contribution in [-0.4, -0.2) is 35.2 Å². The Balaban J connectivity index is 3.26. The average molecular weight is 218 g/mol. The van der Waals surface area contributed by atoms with Gasteiger partial charge in [0.05, 0.1) is 12.4 Å². The lowest BCUT2D eigenvalue weighted by Gasteiger charge is -2.02. The van der Waals surface area contributed by atoms with Crippen LogP contribution in [0.15, 0.2) is 12.2 Å². The minimum atomic E-state index is -0.825. The van der Waals surface area contributed by atoms with E-state index in [0.29, 0.717) is 24.4 Å². The highest BCUT2D eigenvalue weighted by Gasteiger charge is 2.02. The second-order valence-electron chi connectivity index (χ2n) is 2.72. The van der Waals surface area contributed by atoms with E-state index in [9.17, 15) is 9.59 Å². The molecule has 14 heavy (non-hydrogen) atoms. The van der Waals surface area contributed by atoms with Crippen molar-refractivity contribution in [2.75, 3.05) is 18.1 Å². The summed E-state index contributed by atoms with van der Waals surface area (Å²) in [6.45, 7) is 5.34. The van der Waals surface area contributed by atoms with Crippen molar-refractivity contribution in [1.29, 1.82) is 0 Å². The Morgan fingerprint density at radius 1 is 1.50 bits per heavy atom. The predicted molar refractivity (Wildman–Crippen MR) is 55.4 cm³/mol. The summed E-state index contributed by atoms with van der Waals surface area (Å²) in [7, 11) is 0. The fourth-order valence-corrected chi connectivity index (χ4v) is 1.25. The number of esters is 1. The smallest absolute Gasteiger partial charge is 0.333 e. The van der Waals surface area contributed by atoms with Crippen LogP contribution in [0.3, 0.4) is 0 Å². The molecular weight excluding hydrogens is 204 g/mol. The minimum Gasteiger partial charge on any atom is -0.481 e. The third kappa shape index (κ3) is 7.67. The van der Waals surface area contributed by atoms with Crippen LogP contribution in [0.25, 0.3) is 0 Å². The molecule has 0 aliphatic heterocycles. The molecule has 1 N–H and O–H groups in total. The Labute approximate surface area is 87.3 Å². The fraction of sp³-hybridized carbons (Fsp3) is 0.556. The van der Waals surface area contributed by atoms with Crippen LogP contribution in [0.4, 0.5) is 0 Å². The van der Waals surface area contributed by atoms with Gasteiger partial charge >= 0.3 is 11.9 Å². The van der Waals surface area contributed by atoms with E-state index in [1.54, 1.807) is 6.92 Å². The van der Waals surface area contributed by atoms with Gasteiger partial charge in [-0.1, -0.05) is 6.58 Å². The molecule has 5 heteroatoms. The molecule has 4 nitrogen and oxygen atoms in total. The maximum Gasteiger partial charge on any atom is 0.333 e. The van der Waals surface area contributed by atoms with Gasteiger partial charge in [0.1, 0.15) is 0 Å². The zero-order chi connectivity index (χ0) is 11.0. The van der Waals surface area contributed by atoms with Crippen LogP contribution < -0.4 is 0 Å². The van der Waals surface area contributed by atoms with Crippen LogP contribution in [0.5, 0.6) is 0 Å². The number of carbonyl (C=O) groups is 2. The summed E-state index contributed by atoms with van der Waals surface area (Å²) >= 11 is 1.31. The Bertz CT molecular complexity index is 225. The quantitative estimate of drug-likeness (QED) is 0.396. The van der Waals surface area contributed by atoms with E-state index in [2.05, 4.69) is 6.58 Å². The molecule has 0 spiro atoms. The lowest BCUT2D eigenvalue weighted by Crippen LogP contribution is -2.07. The summed E-state index contributed by atoms with van der Waals surface area (Å²) in [5.74, 6) is -0.452. The van der Waals surface area contributed by atoms with E-state index in [1.165, 1.54) is 11.8 Å². The van der Waals surface area contributed by atoms with Crippen LogP contribution in [0.2, 0.25) is 0 Å². The largest absolute Gasteiger partial charge is 0.481 e. The highest BCUT2D eigenvalue weighted by molar-refractivity contribution is 7.99. The fourth-order valence-electron chi connectivity index (χ4n) is 0.609. The molecule has 0 aliphatic rings. The van der Waals surface area contributed by atoms with Gasteiger partial charge in [0.15, 0.2) is 0 Å². The molecule has 0 aromatic heterocycles. The van der Waals surface area contributed by atoms with Gasteiger partial charge < -0.3 is 9.84 Å². The second-order valence-corrected chi connectivity index (χ2v) is 3.82. The van der Waals surface area contributed by atoms with E-state index in [-0.39, 0.29) is 5.75 Å². The zero-order valence-corrected chi connectivity index (χ0v) is 8.93. The third-order valence-electron chi connectivity index (χ3n) is 1.24. The first-order valence-corrected chi connectivity index (χ1v) is 5.31. The van der Waals surface area contributed by atoms with Crippen molar-refractivity contribution in [2.45, 2.75) is 13.3 Å². The molecule has 0 rings (SSSR count). The van der Waals surface area contributed by atoms with Gasteiger partial charge in [0.2, 0.25) is 0 Å². The maximum absolute atomic E-state index is 10.9. The summed E-state index contributed by atoms with van der Waals surface area (Å²) in [5.41, 5.74) is 0.378.